The predicted molar refractivity (Wildman–Crippen MR) is 76.9 cm³/mol. The molecule has 1 aromatic carbocycles. The molecule has 0 aliphatic heterocycles. The Bertz CT molecular complexity index is 702. The van der Waals surface area contributed by atoms with Gasteiger partial charge < -0.3 is 28.4 Å². The molecule has 0 aliphatic carbocycles. The minimum Gasteiger partial charge on any atom is -1.00 e. The molecule has 5 N–H and O–H groups in total. The molecule has 9 heteroatoms. The summed E-state index contributed by atoms with van der Waals surface area (Å²) in [4.78, 5) is 0. The number of alkyl halides is 3. The first-order chi connectivity index (χ1) is 10.4. The molecule has 0 fully saturated rings. The minimum absolute atomic E-state index is 0. The van der Waals surface area contributed by atoms with Crippen LogP contribution in [-0.2, 0) is 12.7 Å². The van der Waals surface area contributed by atoms with E-state index >= 15 is 0 Å². The number of hydrazone groups is 1. The topological polar surface area (TPSA) is 83.3 Å². The maximum Gasteiger partial charge on any atom is 0.416 e. The first-order valence-corrected chi connectivity index (χ1v) is 6.35. The van der Waals surface area contributed by atoms with Crippen molar-refractivity contribution in [3.8, 4) is 0 Å². The van der Waals surface area contributed by atoms with Crippen molar-refractivity contribution in [2.24, 2.45) is 16.6 Å². The number of guanidine groups is 1. The van der Waals surface area contributed by atoms with Crippen molar-refractivity contribution in [3.05, 3.63) is 59.4 Å². The number of rotatable bonds is 4. The van der Waals surface area contributed by atoms with Crippen LogP contribution < -0.4 is 29.0 Å². The first kappa shape index (κ1) is 18.6. The standard InChI is InChI=1S/C14H14F3N5.ClH/c15-14(16,17)11-4-1-3-10(7-11)9-22-6-2-5-12(22)8-20-21-13(18)19;/h1-8H,9H2,(H4,18,19,21);1H/b20-8+;. The van der Waals surface area contributed by atoms with Gasteiger partial charge in [-0.25, -0.2) is 0 Å². The maximum absolute atomic E-state index is 12.7. The van der Waals surface area contributed by atoms with Gasteiger partial charge in [-0.05, 0) is 29.8 Å². The summed E-state index contributed by atoms with van der Waals surface area (Å²) < 4.78 is 39.9. The molecule has 0 saturated carbocycles. The van der Waals surface area contributed by atoms with E-state index in [4.69, 9.17) is 11.5 Å². The highest BCUT2D eigenvalue weighted by Crippen LogP contribution is 2.29. The number of aromatic nitrogens is 1. The molecule has 1 heterocycles. The maximum atomic E-state index is 12.7. The van der Waals surface area contributed by atoms with Crippen LogP contribution in [0.1, 0.15) is 16.8 Å². The highest BCUT2D eigenvalue weighted by molar-refractivity contribution is 5.76. The number of nitrogens with zero attached hydrogens (tertiary/aromatic N) is 2. The van der Waals surface area contributed by atoms with Gasteiger partial charge in [0.15, 0.2) is 0 Å². The van der Waals surface area contributed by atoms with Crippen LogP contribution >= 0.6 is 0 Å². The third-order valence-electron chi connectivity index (χ3n) is 2.88. The lowest BCUT2D eigenvalue weighted by Crippen LogP contribution is -3.00. The smallest absolute Gasteiger partial charge is 0.416 e. The summed E-state index contributed by atoms with van der Waals surface area (Å²) in [6, 6.07) is 8.77. The van der Waals surface area contributed by atoms with Crippen molar-refractivity contribution in [2.75, 3.05) is 0 Å². The molecule has 23 heavy (non-hydrogen) atoms. The molecule has 1 aromatic heterocycles. The molecular weight excluding hydrogens is 331 g/mol. The molecule has 0 radical (unpaired) electrons. The van der Waals surface area contributed by atoms with Crippen LogP contribution in [0.2, 0.25) is 0 Å². The van der Waals surface area contributed by atoms with Gasteiger partial charge >= 0.3 is 6.18 Å². The van der Waals surface area contributed by atoms with Gasteiger partial charge in [0, 0.05) is 17.8 Å². The number of halogens is 4. The summed E-state index contributed by atoms with van der Waals surface area (Å²) in [6.07, 6.45) is -1.05. The van der Waals surface area contributed by atoms with E-state index in [1.807, 2.05) is 0 Å². The second-order valence-electron chi connectivity index (χ2n) is 4.57. The van der Waals surface area contributed by atoms with Gasteiger partial charge in [0.2, 0.25) is 6.21 Å². The quantitative estimate of drug-likeness (QED) is 0.319. The lowest BCUT2D eigenvalue weighted by atomic mass is 10.1. The average Bonchev–Trinajstić information content (AvgIpc) is 2.85. The Morgan fingerprint density at radius 1 is 1.22 bits per heavy atom. The lowest BCUT2D eigenvalue weighted by Gasteiger charge is -2.10. The highest BCUT2D eigenvalue weighted by atomic mass is 35.5. The van der Waals surface area contributed by atoms with E-state index in [0.717, 1.165) is 17.8 Å². The summed E-state index contributed by atoms with van der Waals surface area (Å²) in [6.45, 7) is 0.298. The molecule has 0 unspecified atom stereocenters. The van der Waals surface area contributed by atoms with Crippen molar-refractivity contribution in [1.82, 2.24) is 4.57 Å². The second kappa shape index (κ2) is 7.68. The minimum atomic E-state index is -4.35. The molecular formula is C14H15ClF3N5. The van der Waals surface area contributed by atoms with E-state index in [1.165, 1.54) is 6.07 Å². The van der Waals surface area contributed by atoms with Gasteiger partial charge in [0.25, 0.3) is 5.96 Å². The van der Waals surface area contributed by atoms with E-state index in [2.05, 4.69) is 10.2 Å². The molecule has 2 aromatic rings. The third kappa shape index (κ3) is 5.33. The second-order valence-corrected chi connectivity index (χ2v) is 4.57. The summed E-state index contributed by atoms with van der Waals surface area (Å²) in [5, 5.41) is 6.16. The summed E-state index contributed by atoms with van der Waals surface area (Å²) in [7, 11) is 0. The zero-order valence-electron chi connectivity index (χ0n) is 11.9. The first-order valence-electron chi connectivity index (χ1n) is 6.35. The van der Waals surface area contributed by atoms with Gasteiger partial charge in [-0.15, -0.1) is 5.10 Å². The normalized spacial score (nSPS) is 11.3. The molecule has 2 rings (SSSR count). The molecule has 5 nitrogen and oxygen atoms in total. The van der Waals surface area contributed by atoms with Crippen LogP contribution in [-0.4, -0.2) is 16.7 Å². The SMILES string of the molecule is NC(N)=N/[NH+]=C/c1cccn1Cc1cccc(C(F)(F)F)c1.[Cl-]. The van der Waals surface area contributed by atoms with E-state index in [0.29, 0.717) is 12.1 Å². The monoisotopic (exact) mass is 345 g/mol. The van der Waals surface area contributed by atoms with Gasteiger partial charge in [0.1, 0.15) is 5.69 Å². The molecule has 124 valence electrons. The Hall–Kier alpha value is -2.48. The van der Waals surface area contributed by atoms with Crippen LogP contribution in [0.3, 0.4) is 0 Å². The van der Waals surface area contributed by atoms with Crippen LogP contribution in [0.15, 0.2) is 47.7 Å². The van der Waals surface area contributed by atoms with Gasteiger partial charge in [-0.2, -0.15) is 13.2 Å². The number of hydrogen-bond donors (Lipinski definition) is 3. The van der Waals surface area contributed by atoms with Crippen LogP contribution in [0, 0.1) is 0 Å². The lowest BCUT2D eigenvalue weighted by molar-refractivity contribution is -0.456. The van der Waals surface area contributed by atoms with Crippen molar-refractivity contribution in [2.45, 2.75) is 12.7 Å². The fourth-order valence-electron chi connectivity index (χ4n) is 1.92. The number of hydrogen-bond acceptors (Lipinski definition) is 1. The van der Waals surface area contributed by atoms with E-state index in [9.17, 15) is 13.2 Å². The largest absolute Gasteiger partial charge is 1.00 e. The molecule has 0 bridgehead atoms. The van der Waals surface area contributed by atoms with E-state index in [-0.39, 0.29) is 18.4 Å². The van der Waals surface area contributed by atoms with Gasteiger partial charge in [-0.3, -0.25) is 0 Å². The van der Waals surface area contributed by atoms with Crippen molar-refractivity contribution >= 4 is 12.2 Å². The van der Waals surface area contributed by atoms with Crippen LogP contribution in [0.25, 0.3) is 0 Å². The van der Waals surface area contributed by atoms with E-state index < -0.39 is 11.7 Å². The van der Waals surface area contributed by atoms with E-state index in [1.54, 1.807) is 35.2 Å². The number of benzene rings is 1. The third-order valence-corrected chi connectivity index (χ3v) is 2.88. The van der Waals surface area contributed by atoms with Crippen LogP contribution in [0.4, 0.5) is 13.2 Å². The number of nitrogens with two attached hydrogens (primary N) is 2. The Kier molecular flexibility index (Phi) is 6.20. The summed E-state index contributed by atoms with van der Waals surface area (Å²) in [5.74, 6) is -0.118. The molecule has 0 saturated heterocycles. The summed E-state index contributed by atoms with van der Waals surface area (Å²) >= 11 is 0. The Morgan fingerprint density at radius 2 is 1.96 bits per heavy atom. The molecule has 0 amide bonds. The van der Waals surface area contributed by atoms with Crippen molar-refractivity contribution in [3.63, 3.8) is 0 Å². The molecule has 0 aliphatic rings. The molecule has 0 spiro atoms. The Morgan fingerprint density at radius 3 is 2.61 bits per heavy atom. The Labute approximate surface area is 136 Å². The highest BCUT2D eigenvalue weighted by Gasteiger charge is 2.30. The van der Waals surface area contributed by atoms with Crippen LogP contribution in [0.5, 0.6) is 0 Å². The zero-order chi connectivity index (χ0) is 16.2. The Balaban J connectivity index is 0.00000264. The average molecular weight is 346 g/mol. The zero-order valence-corrected chi connectivity index (χ0v) is 12.6. The fraction of sp³-hybridized carbons (Fsp3) is 0.143. The predicted octanol–water partition coefficient (Wildman–Crippen LogP) is -2.75. The van der Waals surface area contributed by atoms with Crippen molar-refractivity contribution in [1.29, 1.82) is 0 Å². The fourth-order valence-corrected chi connectivity index (χ4v) is 1.92. The molecule has 0 atom stereocenters. The number of nitrogens with one attached hydrogen (secondary N) is 1. The van der Waals surface area contributed by atoms with Gasteiger partial charge in [-0.1, -0.05) is 12.1 Å². The van der Waals surface area contributed by atoms with Gasteiger partial charge in [0.05, 0.1) is 5.56 Å². The summed E-state index contributed by atoms with van der Waals surface area (Å²) in [5.41, 5.74) is 11.0. The van der Waals surface area contributed by atoms with Crippen molar-refractivity contribution < 1.29 is 30.7 Å².